The highest BCUT2D eigenvalue weighted by Crippen LogP contribution is 2.29. The van der Waals surface area contributed by atoms with Crippen LogP contribution in [0.15, 0.2) is 0 Å². The van der Waals surface area contributed by atoms with E-state index in [9.17, 15) is 4.79 Å². The molecule has 0 aromatic rings. The zero-order chi connectivity index (χ0) is 10.6. The fourth-order valence-corrected chi connectivity index (χ4v) is 1.74. The molecule has 4 heteroatoms. The van der Waals surface area contributed by atoms with Gasteiger partial charge in [0.25, 0.3) is 0 Å². The highest BCUT2D eigenvalue weighted by atomic mass is 16.5. The number of nitrogens with zero attached hydrogens (tertiary/aromatic N) is 1. The molecule has 4 nitrogen and oxygen atoms in total. The molecule has 0 aliphatic carbocycles. The monoisotopic (exact) mass is 200 g/mol. The second-order valence-electron chi connectivity index (χ2n) is 4.26. The number of hydrogen-bond acceptors (Lipinski definition) is 3. The minimum Gasteiger partial charge on any atom is -0.383 e. The van der Waals surface area contributed by atoms with Crippen molar-refractivity contribution in [1.29, 1.82) is 0 Å². The maximum atomic E-state index is 11.2. The van der Waals surface area contributed by atoms with Crippen molar-refractivity contribution in [3.63, 3.8) is 0 Å². The van der Waals surface area contributed by atoms with Crippen LogP contribution in [-0.4, -0.2) is 44.2 Å². The summed E-state index contributed by atoms with van der Waals surface area (Å²) in [5.41, 5.74) is 5.08. The normalized spacial score (nSPS) is 22.1. The largest absolute Gasteiger partial charge is 0.383 e. The molecular formula is C10H20N2O2. The molecule has 1 amide bonds. The number of amides is 1. The summed E-state index contributed by atoms with van der Waals surface area (Å²) in [6, 6.07) is 0. The third-order valence-electron chi connectivity index (χ3n) is 3.17. The number of hydrogen-bond donors (Lipinski definition) is 1. The van der Waals surface area contributed by atoms with E-state index in [-0.39, 0.29) is 11.3 Å². The zero-order valence-corrected chi connectivity index (χ0v) is 9.08. The second kappa shape index (κ2) is 4.75. The maximum absolute atomic E-state index is 11.2. The number of piperidine rings is 1. The Morgan fingerprint density at radius 3 is 2.50 bits per heavy atom. The summed E-state index contributed by atoms with van der Waals surface area (Å²) >= 11 is 0. The van der Waals surface area contributed by atoms with Gasteiger partial charge >= 0.3 is 0 Å². The van der Waals surface area contributed by atoms with Gasteiger partial charge in [0.15, 0.2) is 0 Å². The van der Waals surface area contributed by atoms with E-state index >= 15 is 0 Å². The molecule has 0 spiro atoms. The van der Waals surface area contributed by atoms with Crippen LogP contribution in [0.5, 0.6) is 0 Å². The van der Waals surface area contributed by atoms with Crippen molar-refractivity contribution in [3.05, 3.63) is 0 Å². The summed E-state index contributed by atoms with van der Waals surface area (Å²) in [6.07, 6.45) is 1.73. The molecule has 1 rings (SSSR count). The van der Waals surface area contributed by atoms with Crippen LogP contribution in [0, 0.1) is 5.41 Å². The molecule has 2 N–H and O–H groups in total. The first-order valence-electron chi connectivity index (χ1n) is 5.10. The highest BCUT2D eigenvalue weighted by molar-refractivity contribution is 5.80. The van der Waals surface area contributed by atoms with Crippen LogP contribution >= 0.6 is 0 Å². The quantitative estimate of drug-likeness (QED) is 0.706. The van der Waals surface area contributed by atoms with E-state index in [1.807, 2.05) is 6.92 Å². The molecular weight excluding hydrogens is 180 g/mol. The van der Waals surface area contributed by atoms with Gasteiger partial charge in [-0.05, 0) is 25.9 Å². The molecule has 1 aliphatic rings. The van der Waals surface area contributed by atoms with Gasteiger partial charge in [0.2, 0.25) is 5.91 Å². The number of methoxy groups -OCH3 is 1. The second-order valence-corrected chi connectivity index (χ2v) is 4.26. The molecule has 1 aliphatic heterocycles. The van der Waals surface area contributed by atoms with Crippen LogP contribution in [0.2, 0.25) is 0 Å². The van der Waals surface area contributed by atoms with Gasteiger partial charge in [-0.2, -0.15) is 0 Å². The van der Waals surface area contributed by atoms with Crippen molar-refractivity contribution in [2.45, 2.75) is 19.8 Å². The van der Waals surface area contributed by atoms with Crippen molar-refractivity contribution in [3.8, 4) is 0 Å². The molecule has 1 saturated heterocycles. The molecule has 0 unspecified atom stereocenters. The molecule has 1 fully saturated rings. The van der Waals surface area contributed by atoms with E-state index in [2.05, 4.69) is 4.90 Å². The van der Waals surface area contributed by atoms with Crippen molar-refractivity contribution >= 4 is 5.91 Å². The van der Waals surface area contributed by atoms with Gasteiger partial charge in [-0.1, -0.05) is 6.92 Å². The van der Waals surface area contributed by atoms with Gasteiger partial charge in [-0.3, -0.25) is 4.79 Å². The Morgan fingerprint density at radius 2 is 2.07 bits per heavy atom. The highest BCUT2D eigenvalue weighted by Gasteiger charge is 2.34. The van der Waals surface area contributed by atoms with Gasteiger partial charge < -0.3 is 15.4 Å². The van der Waals surface area contributed by atoms with Crippen LogP contribution in [0.1, 0.15) is 19.8 Å². The van der Waals surface area contributed by atoms with E-state index < -0.39 is 0 Å². The molecule has 0 aromatic carbocycles. The molecule has 1 heterocycles. The standard InChI is InChI=1S/C10H20N2O2/c1-10(9(11)13)3-5-12(6-4-10)7-8-14-2/h3-8H2,1-2H3,(H2,11,13). The Labute approximate surface area is 85.4 Å². The average molecular weight is 200 g/mol. The van der Waals surface area contributed by atoms with Crippen LogP contribution in [0.3, 0.4) is 0 Å². The fourth-order valence-electron chi connectivity index (χ4n) is 1.74. The van der Waals surface area contributed by atoms with Crippen LogP contribution < -0.4 is 5.73 Å². The summed E-state index contributed by atoms with van der Waals surface area (Å²) in [6.45, 7) is 5.56. The number of primary amides is 1. The zero-order valence-electron chi connectivity index (χ0n) is 9.08. The summed E-state index contributed by atoms with van der Waals surface area (Å²) in [5.74, 6) is -0.163. The van der Waals surface area contributed by atoms with Crippen LogP contribution in [-0.2, 0) is 9.53 Å². The summed E-state index contributed by atoms with van der Waals surface area (Å²) in [7, 11) is 1.71. The lowest BCUT2D eigenvalue weighted by molar-refractivity contribution is -0.129. The summed E-state index contributed by atoms with van der Waals surface area (Å²) < 4.78 is 5.01. The van der Waals surface area contributed by atoms with Gasteiger partial charge in [-0.25, -0.2) is 0 Å². The van der Waals surface area contributed by atoms with Gasteiger partial charge in [0, 0.05) is 19.1 Å². The Balaban J connectivity index is 2.34. The van der Waals surface area contributed by atoms with E-state index in [4.69, 9.17) is 10.5 Å². The van der Waals surface area contributed by atoms with Gasteiger partial charge in [-0.15, -0.1) is 0 Å². The van der Waals surface area contributed by atoms with Gasteiger partial charge in [0.1, 0.15) is 0 Å². The number of likely N-dealkylation sites (tertiary alicyclic amines) is 1. The van der Waals surface area contributed by atoms with Crippen LogP contribution in [0.4, 0.5) is 0 Å². The van der Waals surface area contributed by atoms with Crippen molar-refractivity contribution in [1.82, 2.24) is 4.90 Å². The number of nitrogens with two attached hydrogens (primary N) is 1. The number of carbonyl (C=O) groups is 1. The lowest BCUT2D eigenvalue weighted by Crippen LogP contribution is -2.46. The molecule has 0 radical (unpaired) electrons. The number of rotatable bonds is 4. The van der Waals surface area contributed by atoms with Crippen molar-refractivity contribution in [2.75, 3.05) is 33.4 Å². The molecule has 0 atom stereocenters. The molecule has 0 saturated carbocycles. The third kappa shape index (κ3) is 2.69. The maximum Gasteiger partial charge on any atom is 0.223 e. The van der Waals surface area contributed by atoms with Gasteiger partial charge in [0.05, 0.1) is 6.61 Å². The smallest absolute Gasteiger partial charge is 0.223 e. The topological polar surface area (TPSA) is 55.6 Å². The summed E-state index contributed by atoms with van der Waals surface area (Å²) in [5, 5.41) is 0. The Morgan fingerprint density at radius 1 is 1.50 bits per heavy atom. The minimum absolute atomic E-state index is 0.163. The molecule has 82 valence electrons. The molecule has 14 heavy (non-hydrogen) atoms. The van der Waals surface area contributed by atoms with E-state index in [0.29, 0.717) is 0 Å². The fraction of sp³-hybridized carbons (Fsp3) is 0.900. The molecule has 0 bridgehead atoms. The van der Waals surface area contributed by atoms with E-state index in [1.165, 1.54) is 0 Å². The SMILES string of the molecule is COCCN1CCC(C)(C(N)=O)CC1. The Kier molecular flexibility index (Phi) is 3.89. The third-order valence-corrected chi connectivity index (χ3v) is 3.17. The first-order chi connectivity index (χ1) is 6.58. The predicted molar refractivity (Wildman–Crippen MR) is 54.9 cm³/mol. The predicted octanol–water partition coefficient (Wildman–Crippen LogP) is 0.220. The average Bonchev–Trinajstić information content (AvgIpc) is 2.17. The molecule has 0 aromatic heterocycles. The Bertz CT molecular complexity index is 198. The lowest BCUT2D eigenvalue weighted by Gasteiger charge is -2.37. The van der Waals surface area contributed by atoms with E-state index in [1.54, 1.807) is 7.11 Å². The minimum atomic E-state index is -0.288. The Hall–Kier alpha value is -0.610. The first kappa shape index (κ1) is 11.5. The van der Waals surface area contributed by atoms with Crippen molar-refractivity contribution in [2.24, 2.45) is 11.1 Å². The van der Waals surface area contributed by atoms with Crippen LogP contribution in [0.25, 0.3) is 0 Å². The van der Waals surface area contributed by atoms with E-state index in [0.717, 1.165) is 39.1 Å². The van der Waals surface area contributed by atoms with Crippen molar-refractivity contribution < 1.29 is 9.53 Å². The first-order valence-corrected chi connectivity index (χ1v) is 5.10. The lowest BCUT2D eigenvalue weighted by atomic mass is 9.80. The number of carbonyl (C=O) groups excluding carboxylic acids is 1. The number of ether oxygens (including phenoxy) is 1. The summed E-state index contributed by atoms with van der Waals surface area (Å²) in [4.78, 5) is 13.5.